The van der Waals surface area contributed by atoms with Gasteiger partial charge in [0.05, 0.1) is 6.21 Å². The molecule has 0 bridgehead atoms. The number of hydrogen-bond acceptors (Lipinski definition) is 9. The lowest BCUT2D eigenvalue weighted by Gasteiger charge is -2.04. The molecule has 0 spiro atoms. The SMILES string of the molecule is O=C(NN=Cc1cc(O)c(O)c(O)c1)c1cnc(-c2ccccn2)nc1O. The van der Waals surface area contributed by atoms with E-state index in [9.17, 15) is 25.2 Å². The van der Waals surface area contributed by atoms with Gasteiger partial charge in [0.2, 0.25) is 5.88 Å². The molecule has 0 aliphatic rings. The molecule has 0 fully saturated rings. The van der Waals surface area contributed by atoms with Gasteiger partial charge in [0.25, 0.3) is 5.91 Å². The Labute approximate surface area is 152 Å². The van der Waals surface area contributed by atoms with Crippen LogP contribution in [0.5, 0.6) is 23.1 Å². The van der Waals surface area contributed by atoms with Crippen LogP contribution in [-0.4, -0.2) is 47.5 Å². The summed E-state index contributed by atoms with van der Waals surface area (Å²) in [7, 11) is 0. The minimum atomic E-state index is -0.774. The molecule has 1 aromatic carbocycles. The number of pyridine rings is 1. The van der Waals surface area contributed by atoms with Crippen LogP contribution in [-0.2, 0) is 0 Å². The molecule has 0 saturated carbocycles. The highest BCUT2D eigenvalue weighted by atomic mass is 16.3. The maximum atomic E-state index is 12.1. The summed E-state index contributed by atoms with van der Waals surface area (Å²) in [5.74, 6) is -2.91. The molecule has 10 nitrogen and oxygen atoms in total. The molecule has 5 N–H and O–H groups in total. The average molecular weight is 367 g/mol. The van der Waals surface area contributed by atoms with Gasteiger partial charge in [-0.05, 0) is 24.3 Å². The molecule has 0 saturated heterocycles. The molecule has 2 heterocycles. The summed E-state index contributed by atoms with van der Waals surface area (Å²) in [5, 5.41) is 41.7. The van der Waals surface area contributed by atoms with Crippen LogP contribution in [0.25, 0.3) is 11.5 Å². The van der Waals surface area contributed by atoms with Crippen LogP contribution in [0.15, 0.2) is 47.8 Å². The fraction of sp³-hybridized carbons (Fsp3) is 0. The third-order valence-corrected chi connectivity index (χ3v) is 3.38. The molecule has 0 radical (unpaired) electrons. The molecule has 3 rings (SSSR count). The number of rotatable bonds is 4. The molecule has 0 aliphatic heterocycles. The van der Waals surface area contributed by atoms with E-state index in [4.69, 9.17) is 0 Å². The molecular weight excluding hydrogens is 354 g/mol. The number of aromatic nitrogens is 3. The lowest BCUT2D eigenvalue weighted by atomic mass is 10.2. The van der Waals surface area contributed by atoms with Crippen LogP contribution in [0.4, 0.5) is 0 Å². The van der Waals surface area contributed by atoms with Gasteiger partial charge in [0.15, 0.2) is 23.1 Å². The van der Waals surface area contributed by atoms with Gasteiger partial charge in [-0.15, -0.1) is 0 Å². The number of carbonyl (C=O) groups is 1. The highest BCUT2D eigenvalue weighted by Crippen LogP contribution is 2.34. The number of amides is 1. The topological polar surface area (TPSA) is 161 Å². The maximum Gasteiger partial charge on any atom is 0.278 e. The Balaban J connectivity index is 1.73. The Kier molecular flexibility index (Phi) is 4.79. The van der Waals surface area contributed by atoms with Crippen LogP contribution in [0.2, 0.25) is 0 Å². The maximum absolute atomic E-state index is 12.1. The summed E-state index contributed by atoms with van der Waals surface area (Å²) in [6.45, 7) is 0. The second kappa shape index (κ2) is 7.35. The first-order valence-electron chi connectivity index (χ1n) is 7.51. The minimum Gasteiger partial charge on any atom is -0.504 e. The van der Waals surface area contributed by atoms with E-state index in [0.717, 1.165) is 24.5 Å². The van der Waals surface area contributed by atoms with Crippen molar-refractivity contribution in [1.82, 2.24) is 20.4 Å². The summed E-state index contributed by atoms with van der Waals surface area (Å²) in [4.78, 5) is 24.0. The third-order valence-electron chi connectivity index (χ3n) is 3.38. The summed E-state index contributed by atoms with van der Waals surface area (Å²) < 4.78 is 0. The number of nitrogens with one attached hydrogen (secondary N) is 1. The van der Waals surface area contributed by atoms with Gasteiger partial charge in [-0.25, -0.2) is 10.4 Å². The Morgan fingerprint density at radius 2 is 1.81 bits per heavy atom. The molecular formula is C17H13N5O5. The van der Waals surface area contributed by atoms with E-state index >= 15 is 0 Å². The van der Waals surface area contributed by atoms with Crippen molar-refractivity contribution in [2.45, 2.75) is 0 Å². The Hall–Kier alpha value is -4.21. The van der Waals surface area contributed by atoms with E-state index in [-0.39, 0.29) is 17.0 Å². The zero-order valence-corrected chi connectivity index (χ0v) is 13.6. The summed E-state index contributed by atoms with van der Waals surface area (Å²) >= 11 is 0. The van der Waals surface area contributed by atoms with E-state index in [1.807, 2.05) is 0 Å². The van der Waals surface area contributed by atoms with Crippen molar-refractivity contribution >= 4 is 12.1 Å². The molecule has 0 atom stereocenters. The van der Waals surface area contributed by atoms with E-state index in [1.54, 1.807) is 24.4 Å². The third kappa shape index (κ3) is 3.90. The number of hydrogen-bond donors (Lipinski definition) is 5. The number of carbonyl (C=O) groups excluding carboxylic acids is 1. The molecule has 10 heteroatoms. The molecule has 27 heavy (non-hydrogen) atoms. The van der Waals surface area contributed by atoms with Crippen molar-refractivity contribution in [3.63, 3.8) is 0 Å². The number of phenolic OH excluding ortho intramolecular Hbond substituents is 3. The lowest BCUT2D eigenvalue weighted by Crippen LogP contribution is -2.18. The van der Waals surface area contributed by atoms with Crippen LogP contribution in [0.1, 0.15) is 15.9 Å². The quantitative estimate of drug-likeness (QED) is 0.260. The highest BCUT2D eigenvalue weighted by molar-refractivity contribution is 5.96. The normalized spacial score (nSPS) is 10.8. The van der Waals surface area contributed by atoms with Gasteiger partial charge >= 0.3 is 0 Å². The van der Waals surface area contributed by atoms with Gasteiger partial charge in [0, 0.05) is 18.0 Å². The molecule has 0 aliphatic carbocycles. The number of phenols is 3. The zero-order valence-electron chi connectivity index (χ0n) is 13.6. The molecule has 136 valence electrons. The van der Waals surface area contributed by atoms with Gasteiger partial charge in [-0.3, -0.25) is 9.78 Å². The fourth-order valence-corrected chi connectivity index (χ4v) is 2.08. The van der Waals surface area contributed by atoms with Gasteiger partial charge < -0.3 is 20.4 Å². The van der Waals surface area contributed by atoms with Gasteiger partial charge in [-0.1, -0.05) is 6.07 Å². The number of hydrazone groups is 1. The first-order valence-corrected chi connectivity index (χ1v) is 7.51. The summed E-state index contributed by atoms with van der Waals surface area (Å²) in [6.07, 6.45) is 3.80. The van der Waals surface area contributed by atoms with Gasteiger partial charge in [-0.2, -0.15) is 10.1 Å². The van der Waals surface area contributed by atoms with Crippen molar-refractivity contribution in [2.24, 2.45) is 5.10 Å². The standard InChI is InChI=1S/C17H13N5O5/c23-12-5-9(6-13(24)14(12)25)7-20-22-17(27)10-8-19-15(21-16(10)26)11-3-1-2-4-18-11/h1-8,23-25H,(H,22,27)(H,19,21,26). The second-order valence-electron chi connectivity index (χ2n) is 5.25. The predicted octanol–water partition coefficient (Wildman–Crippen LogP) is 1.12. The highest BCUT2D eigenvalue weighted by Gasteiger charge is 2.15. The largest absolute Gasteiger partial charge is 0.504 e. The molecule has 0 unspecified atom stereocenters. The van der Waals surface area contributed by atoms with Crippen molar-refractivity contribution in [3.05, 3.63) is 53.9 Å². The lowest BCUT2D eigenvalue weighted by molar-refractivity contribution is 0.0951. The predicted molar refractivity (Wildman–Crippen MR) is 93.4 cm³/mol. The van der Waals surface area contributed by atoms with Crippen LogP contribution in [0, 0.1) is 0 Å². The molecule has 2 aromatic heterocycles. The first-order chi connectivity index (χ1) is 13.0. The minimum absolute atomic E-state index is 0.156. The fourth-order valence-electron chi connectivity index (χ4n) is 2.08. The average Bonchev–Trinajstić information content (AvgIpc) is 2.66. The Morgan fingerprint density at radius 1 is 1.07 bits per heavy atom. The van der Waals surface area contributed by atoms with Crippen LogP contribution in [0.3, 0.4) is 0 Å². The Morgan fingerprint density at radius 3 is 2.44 bits per heavy atom. The van der Waals surface area contributed by atoms with Crippen molar-refractivity contribution in [3.8, 4) is 34.6 Å². The molecule has 1 amide bonds. The zero-order chi connectivity index (χ0) is 19.4. The van der Waals surface area contributed by atoms with Crippen LogP contribution < -0.4 is 5.43 Å². The van der Waals surface area contributed by atoms with E-state index < -0.39 is 29.0 Å². The van der Waals surface area contributed by atoms with E-state index in [0.29, 0.717) is 5.69 Å². The van der Waals surface area contributed by atoms with Crippen molar-refractivity contribution in [2.75, 3.05) is 0 Å². The van der Waals surface area contributed by atoms with Crippen molar-refractivity contribution in [1.29, 1.82) is 0 Å². The van der Waals surface area contributed by atoms with E-state index in [2.05, 4.69) is 25.5 Å². The molecule has 3 aromatic rings. The van der Waals surface area contributed by atoms with Crippen LogP contribution >= 0.6 is 0 Å². The smallest absolute Gasteiger partial charge is 0.278 e. The number of nitrogens with zero attached hydrogens (tertiary/aromatic N) is 4. The second-order valence-corrected chi connectivity index (χ2v) is 5.25. The van der Waals surface area contributed by atoms with E-state index in [1.165, 1.54) is 0 Å². The monoisotopic (exact) mass is 367 g/mol. The number of benzene rings is 1. The van der Waals surface area contributed by atoms with Crippen molar-refractivity contribution < 1.29 is 25.2 Å². The number of aromatic hydroxyl groups is 4. The van der Waals surface area contributed by atoms with Gasteiger partial charge in [0.1, 0.15) is 11.3 Å². The summed E-state index contributed by atoms with van der Waals surface area (Å²) in [6, 6.07) is 7.37. The Bertz CT molecular complexity index is 1000. The first kappa shape index (κ1) is 17.6. The summed E-state index contributed by atoms with van der Waals surface area (Å²) in [5.41, 5.74) is 2.60.